The van der Waals surface area contributed by atoms with Crippen LogP contribution in [0.15, 0.2) is 23.1 Å². The van der Waals surface area contributed by atoms with Gasteiger partial charge in [0.2, 0.25) is 10.0 Å². The second kappa shape index (κ2) is 6.22. The highest BCUT2D eigenvalue weighted by Gasteiger charge is 2.35. The van der Waals surface area contributed by atoms with Gasteiger partial charge in [0.1, 0.15) is 0 Å². The van der Waals surface area contributed by atoms with E-state index in [-0.39, 0.29) is 16.5 Å². The van der Waals surface area contributed by atoms with Gasteiger partial charge in [-0.3, -0.25) is 0 Å². The first-order chi connectivity index (χ1) is 10.9. The van der Waals surface area contributed by atoms with Crippen LogP contribution in [0.3, 0.4) is 0 Å². The molecule has 2 aliphatic heterocycles. The van der Waals surface area contributed by atoms with Crippen molar-refractivity contribution in [2.24, 2.45) is 0 Å². The van der Waals surface area contributed by atoms with Crippen LogP contribution in [0, 0.1) is 6.92 Å². The SMILES string of the molecule is COC(=O)c1cc(S(=O)(=O)NC2CC3CCC(C2)N3)ccc1C. The number of fused-ring (bicyclic) bond motifs is 2. The van der Waals surface area contributed by atoms with E-state index < -0.39 is 16.0 Å². The topological polar surface area (TPSA) is 84.5 Å². The molecule has 126 valence electrons. The summed E-state index contributed by atoms with van der Waals surface area (Å²) in [6, 6.07) is 5.31. The van der Waals surface area contributed by atoms with Crippen LogP contribution in [-0.4, -0.2) is 39.6 Å². The average Bonchev–Trinajstić information content (AvgIpc) is 2.85. The maximum atomic E-state index is 12.6. The van der Waals surface area contributed by atoms with Crippen LogP contribution >= 0.6 is 0 Å². The molecule has 7 heteroatoms. The van der Waals surface area contributed by atoms with Crippen molar-refractivity contribution in [1.82, 2.24) is 10.0 Å². The van der Waals surface area contributed by atoms with E-state index in [4.69, 9.17) is 4.74 Å². The standard InChI is InChI=1S/C16H22N2O4S/c1-10-3-6-14(9-15(10)16(19)22-2)23(20,21)18-13-7-11-4-5-12(8-13)17-11/h3,6,9,11-13,17-18H,4-5,7-8H2,1-2H3. The van der Waals surface area contributed by atoms with Crippen molar-refractivity contribution < 1.29 is 17.9 Å². The van der Waals surface area contributed by atoms with Crippen LogP contribution in [0.4, 0.5) is 0 Å². The zero-order valence-electron chi connectivity index (χ0n) is 13.3. The number of carbonyl (C=O) groups is 1. The number of sulfonamides is 1. The van der Waals surface area contributed by atoms with Gasteiger partial charge in [-0.15, -0.1) is 0 Å². The molecule has 2 saturated heterocycles. The van der Waals surface area contributed by atoms with Crippen LogP contribution in [0.5, 0.6) is 0 Å². The molecule has 0 spiro atoms. The third-order valence-corrected chi connectivity index (χ3v) is 6.24. The lowest BCUT2D eigenvalue weighted by Gasteiger charge is -2.29. The third-order valence-electron chi connectivity index (χ3n) is 4.72. The number of piperidine rings is 1. The highest BCUT2D eigenvalue weighted by molar-refractivity contribution is 7.89. The van der Waals surface area contributed by atoms with E-state index in [1.54, 1.807) is 13.0 Å². The van der Waals surface area contributed by atoms with Gasteiger partial charge in [0.25, 0.3) is 0 Å². The molecule has 2 atom stereocenters. The Kier molecular flexibility index (Phi) is 4.44. The number of esters is 1. The van der Waals surface area contributed by atoms with Gasteiger partial charge in [0.05, 0.1) is 17.6 Å². The Hall–Kier alpha value is -1.44. The Morgan fingerprint density at radius 2 is 1.91 bits per heavy atom. The number of rotatable bonds is 4. The van der Waals surface area contributed by atoms with Crippen molar-refractivity contribution in [3.63, 3.8) is 0 Å². The van der Waals surface area contributed by atoms with E-state index in [1.807, 2.05) is 0 Å². The van der Waals surface area contributed by atoms with E-state index in [2.05, 4.69) is 10.0 Å². The molecule has 6 nitrogen and oxygen atoms in total. The average molecular weight is 338 g/mol. The van der Waals surface area contributed by atoms with Crippen molar-refractivity contribution in [3.8, 4) is 0 Å². The smallest absolute Gasteiger partial charge is 0.338 e. The minimum atomic E-state index is -3.65. The van der Waals surface area contributed by atoms with Crippen LogP contribution in [-0.2, 0) is 14.8 Å². The lowest BCUT2D eigenvalue weighted by molar-refractivity contribution is 0.0599. The molecule has 0 aromatic heterocycles. The van der Waals surface area contributed by atoms with Crippen LogP contribution in [0.2, 0.25) is 0 Å². The maximum absolute atomic E-state index is 12.6. The van der Waals surface area contributed by atoms with E-state index in [9.17, 15) is 13.2 Å². The summed E-state index contributed by atoms with van der Waals surface area (Å²) in [5.74, 6) is -0.528. The highest BCUT2D eigenvalue weighted by Crippen LogP contribution is 2.28. The molecule has 2 N–H and O–H groups in total. The van der Waals surface area contributed by atoms with Crippen LogP contribution in [0.1, 0.15) is 41.6 Å². The number of ether oxygens (including phenoxy) is 1. The molecule has 2 unspecified atom stereocenters. The van der Waals surface area contributed by atoms with E-state index in [0.717, 1.165) is 25.7 Å². The minimum Gasteiger partial charge on any atom is -0.465 e. The van der Waals surface area contributed by atoms with Gasteiger partial charge in [-0.1, -0.05) is 6.07 Å². The summed E-state index contributed by atoms with van der Waals surface area (Å²) in [7, 11) is -2.36. The number of nitrogens with one attached hydrogen (secondary N) is 2. The lowest BCUT2D eigenvalue weighted by atomic mass is 10.0. The number of hydrogen-bond donors (Lipinski definition) is 2. The molecule has 2 aliphatic rings. The number of aryl methyl sites for hydroxylation is 1. The van der Waals surface area contributed by atoms with E-state index in [0.29, 0.717) is 17.6 Å². The molecule has 0 saturated carbocycles. The van der Waals surface area contributed by atoms with Crippen molar-refractivity contribution in [1.29, 1.82) is 0 Å². The second-order valence-corrected chi connectivity index (χ2v) is 8.11. The van der Waals surface area contributed by atoms with Crippen molar-refractivity contribution in [2.75, 3.05) is 7.11 Å². The molecule has 3 rings (SSSR count). The summed E-state index contributed by atoms with van der Waals surface area (Å²) >= 11 is 0. The highest BCUT2D eigenvalue weighted by atomic mass is 32.2. The number of benzene rings is 1. The Balaban J connectivity index is 1.81. The Bertz CT molecular complexity index is 705. The summed E-state index contributed by atoms with van der Waals surface area (Å²) < 4.78 is 32.8. The summed E-state index contributed by atoms with van der Waals surface area (Å²) in [6.07, 6.45) is 3.84. The molecule has 0 aliphatic carbocycles. The summed E-state index contributed by atoms with van der Waals surface area (Å²) in [4.78, 5) is 11.9. The normalized spacial score (nSPS) is 27.0. The summed E-state index contributed by atoms with van der Waals surface area (Å²) in [5.41, 5.74) is 0.969. The monoisotopic (exact) mass is 338 g/mol. The van der Waals surface area contributed by atoms with E-state index in [1.165, 1.54) is 19.2 Å². The fourth-order valence-electron chi connectivity index (χ4n) is 3.54. The fourth-order valence-corrected chi connectivity index (χ4v) is 4.83. The number of carbonyl (C=O) groups excluding carboxylic acids is 1. The zero-order valence-corrected chi connectivity index (χ0v) is 14.2. The molecule has 1 aromatic carbocycles. The lowest BCUT2D eigenvalue weighted by Crippen LogP contribution is -2.47. The minimum absolute atomic E-state index is 0.0540. The molecule has 1 aromatic rings. The molecular weight excluding hydrogens is 316 g/mol. The molecule has 2 bridgehead atoms. The maximum Gasteiger partial charge on any atom is 0.338 e. The first-order valence-corrected chi connectivity index (χ1v) is 9.34. The van der Waals surface area contributed by atoms with Crippen LogP contribution in [0.25, 0.3) is 0 Å². The first-order valence-electron chi connectivity index (χ1n) is 7.86. The van der Waals surface area contributed by atoms with Gasteiger partial charge in [0.15, 0.2) is 0 Å². The molecule has 23 heavy (non-hydrogen) atoms. The quantitative estimate of drug-likeness (QED) is 0.810. The van der Waals surface area contributed by atoms with Crippen LogP contribution < -0.4 is 10.0 Å². The van der Waals surface area contributed by atoms with Crippen molar-refractivity contribution in [3.05, 3.63) is 29.3 Å². The molecule has 2 fully saturated rings. The molecule has 0 radical (unpaired) electrons. The van der Waals surface area contributed by atoms with Gasteiger partial charge in [-0.05, 0) is 50.3 Å². The number of hydrogen-bond acceptors (Lipinski definition) is 5. The van der Waals surface area contributed by atoms with Gasteiger partial charge in [-0.2, -0.15) is 0 Å². The van der Waals surface area contributed by atoms with Crippen molar-refractivity contribution in [2.45, 2.75) is 55.6 Å². The molecule has 0 amide bonds. The second-order valence-electron chi connectivity index (χ2n) is 6.40. The van der Waals surface area contributed by atoms with E-state index >= 15 is 0 Å². The Morgan fingerprint density at radius 1 is 1.26 bits per heavy atom. The predicted octanol–water partition coefficient (Wildman–Crippen LogP) is 1.34. The van der Waals surface area contributed by atoms with Crippen molar-refractivity contribution >= 4 is 16.0 Å². The number of methoxy groups -OCH3 is 1. The fraction of sp³-hybridized carbons (Fsp3) is 0.562. The largest absolute Gasteiger partial charge is 0.465 e. The molecular formula is C16H22N2O4S. The predicted molar refractivity (Wildman–Crippen MR) is 85.8 cm³/mol. The van der Waals surface area contributed by atoms with Gasteiger partial charge in [-0.25, -0.2) is 17.9 Å². The summed E-state index contributed by atoms with van der Waals surface area (Å²) in [5, 5.41) is 3.49. The van der Waals surface area contributed by atoms with Gasteiger partial charge in [0, 0.05) is 18.1 Å². The Morgan fingerprint density at radius 3 is 2.52 bits per heavy atom. The van der Waals surface area contributed by atoms with Gasteiger partial charge >= 0.3 is 5.97 Å². The molecule has 2 heterocycles. The third kappa shape index (κ3) is 3.41. The van der Waals surface area contributed by atoms with Gasteiger partial charge < -0.3 is 10.1 Å². The zero-order chi connectivity index (χ0) is 16.6. The summed E-state index contributed by atoms with van der Waals surface area (Å²) in [6.45, 7) is 1.75. The Labute approximate surface area is 136 Å². The first kappa shape index (κ1) is 16.4.